The van der Waals surface area contributed by atoms with E-state index in [-0.39, 0.29) is 33.4 Å². The molecule has 0 aliphatic carbocycles. The van der Waals surface area contributed by atoms with Gasteiger partial charge in [0.25, 0.3) is 0 Å². The number of ketones is 1. The number of halogens is 6. The molecule has 1 heterocycles. The third kappa shape index (κ3) is 4.60. The summed E-state index contributed by atoms with van der Waals surface area (Å²) in [4.78, 5) is 13.7. The fraction of sp³-hybridized carbons (Fsp3) is 0.240. The first-order chi connectivity index (χ1) is 16.4. The van der Waals surface area contributed by atoms with E-state index >= 15 is 0 Å². The van der Waals surface area contributed by atoms with E-state index < -0.39 is 50.3 Å². The molecule has 0 aromatic heterocycles. The number of Topliss-reactive ketones (excluding diaryl/α,β-unsaturated/α-hetero) is 1. The van der Waals surface area contributed by atoms with Crippen molar-refractivity contribution >= 4 is 49.6 Å². The van der Waals surface area contributed by atoms with Gasteiger partial charge in [-0.2, -0.15) is 0 Å². The Morgan fingerprint density at radius 3 is 2.26 bits per heavy atom. The summed E-state index contributed by atoms with van der Waals surface area (Å²) in [5.41, 5.74) is -0.168. The van der Waals surface area contributed by atoms with E-state index in [0.29, 0.717) is 9.08 Å². The maximum atomic E-state index is 14.3. The van der Waals surface area contributed by atoms with E-state index in [1.165, 1.54) is 38.3 Å². The second kappa shape index (κ2) is 9.25. The van der Waals surface area contributed by atoms with Crippen molar-refractivity contribution in [2.45, 2.75) is 30.2 Å². The van der Waals surface area contributed by atoms with Crippen molar-refractivity contribution in [1.29, 1.82) is 0 Å². The van der Waals surface area contributed by atoms with Gasteiger partial charge in [0.1, 0.15) is 0 Å². The van der Waals surface area contributed by atoms with Gasteiger partial charge in [0, 0.05) is 0 Å². The normalized spacial score (nSPS) is 17.3. The average Bonchev–Trinajstić information content (AvgIpc) is 3.12. The van der Waals surface area contributed by atoms with Crippen LogP contribution in [0.4, 0.5) is 26.3 Å². The standard InChI is InChI=1S/C25H18AsF6O2S/c1-12-10-13-7-5-9-16(34-3)17(13)19(20(12)25(30,31)32)22-21(33)18(23(26-2)35-22)14-6-4-8-15(11-14)24(27,28)29/h4-11,22H,1-3H3. The predicted molar refractivity (Wildman–Crippen MR) is 126 cm³/mol. The fourth-order valence-electron chi connectivity index (χ4n) is 4.34. The molecule has 0 saturated heterocycles. The summed E-state index contributed by atoms with van der Waals surface area (Å²) >= 11 is 0.337. The van der Waals surface area contributed by atoms with Crippen LogP contribution in [0.3, 0.4) is 0 Å². The molecule has 1 unspecified atom stereocenters. The first-order valence-electron chi connectivity index (χ1n) is 10.3. The minimum atomic E-state index is -4.76. The number of thioether (sulfide) groups is 1. The zero-order chi connectivity index (χ0) is 25.7. The van der Waals surface area contributed by atoms with E-state index in [1.807, 2.05) is 5.71 Å². The van der Waals surface area contributed by atoms with Crippen molar-refractivity contribution in [3.8, 4) is 5.75 Å². The molecule has 10 heteroatoms. The summed E-state index contributed by atoms with van der Waals surface area (Å²) in [6, 6.07) is 10.6. The molecule has 3 aromatic rings. The number of ether oxygens (including phenoxy) is 1. The Morgan fingerprint density at radius 2 is 1.66 bits per heavy atom. The molecule has 183 valence electrons. The van der Waals surface area contributed by atoms with Gasteiger partial charge in [-0.3, -0.25) is 0 Å². The van der Waals surface area contributed by atoms with Crippen LogP contribution in [0.25, 0.3) is 16.3 Å². The maximum absolute atomic E-state index is 14.3. The summed E-state index contributed by atoms with van der Waals surface area (Å²) in [6.45, 7) is 1.34. The molecule has 0 bridgehead atoms. The monoisotopic (exact) mass is 571 g/mol. The molecule has 3 aromatic carbocycles. The number of alkyl halides is 6. The van der Waals surface area contributed by atoms with Crippen LogP contribution in [0.2, 0.25) is 5.71 Å². The van der Waals surface area contributed by atoms with Gasteiger partial charge in [0.05, 0.1) is 0 Å². The van der Waals surface area contributed by atoms with Crippen molar-refractivity contribution in [3.05, 3.63) is 80.0 Å². The minimum absolute atomic E-state index is 0.0412. The van der Waals surface area contributed by atoms with Gasteiger partial charge in [0.15, 0.2) is 0 Å². The van der Waals surface area contributed by atoms with Gasteiger partial charge in [-0.05, 0) is 0 Å². The van der Waals surface area contributed by atoms with Crippen LogP contribution in [-0.4, -0.2) is 28.6 Å². The number of rotatable bonds is 4. The van der Waals surface area contributed by atoms with E-state index in [0.717, 1.165) is 23.9 Å². The molecule has 0 saturated carbocycles. The van der Waals surface area contributed by atoms with E-state index in [1.54, 1.807) is 12.1 Å². The third-order valence-electron chi connectivity index (χ3n) is 5.74. The van der Waals surface area contributed by atoms with Gasteiger partial charge in [-0.25, -0.2) is 0 Å². The number of methoxy groups -OCH3 is 1. The quantitative estimate of drug-likeness (QED) is 0.238. The molecule has 2 nitrogen and oxygen atoms in total. The van der Waals surface area contributed by atoms with Gasteiger partial charge < -0.3 is 0 Å². The fourth-order valence-corrected chi connectivity index (χ4v) is 7.88. The average molecular weight is 571 g/mol. The molecule has 1 atom stereocenters. The number of allylic oxidation sites excluding steroid dienone is 1. The van der Waals surface area contributed by atoms with Crippen LogP contribution < -0.4 is 4.74 Å². The van der Waals surface area contributed by atoms with Crippen molar-refractivity contribution in [1.82, 2.24) is 0 Å². The molecule has 1 aliphatic rings. The van der Waals surface area contributed by atoms with E-state index in [9.17, 15) is 31.1 Å². The molecule has 4 rings (SSSR count). The molecular weight excluding hydrogens is 553 g/mol. The second-order valence-corrected chi connectivity index (χ2v) is 11.5. The summed E-state index contributed by atoms with van der Waals surface area (Å²) in [5, 5.41) is -0.604. The Morgan fingerprint density at radius 1 is 0.971 bits per heavy atom. The number of carbonyl (C=O) groups is 1. The first-order valence-corrected chi connectivity index (χ1v) is 14.0. The number of fused-ring (bicyclic) bond motifs is 1. The number of hydrogen-bond donors (Lipinski definition) is 0. The molecule has 0 N–H and O–H groups in total. The zero-order valence-corrected chi connectivity index (χ0v) is 21.3. The van der Waals surface area contributed by atoms with Crippen LogP contribution >= 0.6 is 11.8 Å². The van der Waals surface area contributed by atoms with Crippen molar-refractivity contribution in [2.75, 3.05) is 7.11 Å². The van der Waals surface area contributed by atoms with Crippen molar-refractivity contribution in [2.24, 2.45) is 0 Å². The summed E-state index contributed by atoms with van der Waals surface area (Å²) in [6.07, 6.45) is -9.37. The molecular formula is C25H18AsF6O2S. The Bertz CT molecular complexity index is 1360. The summed E-state index contributed by atoms with van der Waals surface area (Å²) in [7, 11) is 1.34. The molecule has 0 spiro atoms. The predicted octanol–water partition coefficient (Wildman–Crippen LogP) is 7.67. The van der Waals surface area contributed by atoms with Gasteiger partial charge in [0.2, 0.25) is 0 Å². The Balaban J connectivity index is 1.97. The van der Waals surface area contributed by atoms with Crippen LogP contribution in [0.15, 0.2) is 52.2 Å². The molecule has 1 aliphatic heterocycles. The molecule has 1 radical (unpaired) electrons. The summed E-state index contributed by atoms with van der Waals surface area (Å²) in [5.74, 6) is -0.444. The number of benzene rings is 3. The number of hydrogen-bond acceptors (Lipinski definition) is 3. The van der Waals surface area contributed by atoms with Crippen molar-refractivity contribution < 1.29 is 35.9 Å². The topological polar surface area (TPSA) is 26.3 Å². The Labute approximate surface area is 208 Å². The number of aryl methyl sites for hydroxylation is 1. The number of carbonyl (C=O) groups excluding carboxylic acids is 1. The van der Waals surface area contributed by atoms with Gasteiger partial charge in [-0.1, -0.05) is 0 Å². The molecule has 0 fully saturated rings. The SMILES string of the molecule is COc1cccc2cc(C)c(C(F)(F)F)c(C3SC([As]C)=C(c4cccc(C(F)(F)F)c4)C3=O)c12. The second-order valence-electron chi connectivity index (χ2n) is 7.88. The van der Waals surface area contributed by atoms with Crippen molar-refractivity contribution in [3.63, 3.8) is 0 Å². The van der Waals surface area contributed by atoms with E-state index in [4.69, 9.17) is 4.74 Å². The van der Waals surface area contributed by atoms with Gasteiger partial charge >= 0.3 is 209 Å². The summed E-state index contributed by atoms with van der Waals surface area (Å²) < 4.78 is 88.9. The van der Waals surface area contributed by atoms with Crippen LogP contribution in [-0.2, 0) is 17.1 Å². The first kappa shape index (κ1) is 25.7. The zero-order valence-electron chi connectivity index (χ0n) is 18.6. The van der Waals surface area contributed by atoms with Crippen LogP contribution in [0.1, 0.15) is 33.1 Å². The van der Waals surface area contributed by atoms with Crippen LogP contribution in [0, 0.1) is 6.92 Å². The Kier molecular flexibility index (Phi) is 6.79. The molecule has 0 amide bonds. The van der Waals surface area contributed by atoms with Crippen LogP contribution in [0.5, 0.6) is 5.75 Å². The Hall–Kier alpha value is -2.38. The van der Waals surface area contributed by atoms with Gasteiger partial charge in [-0.15, -0.1) is 0 Å². The third-order valence-corrected chi connectivity index (χ3v) is 9.78. The molecule has 35 heavy (non-hydrogen) atoms. The van der Waals surface area contributed by atoms with E-state index in [2.05, 4.69) is 0 Å².